The smallest absolute Gasteiger partial charge is 0.0700 e. The molecule has 1 N–H and O–H groups in total. The summed E-state index contributed by atoms with van der Waals surface area (Å²) in [6, 6.07) is 8.56. The summed E-state index contributed by atoms with van der Waals surface area (Å²) < 4.78 is 1.90. The third-order valence-electron chi connectivity index (χ3n) is 3.11. The molecular formula is C15H21N3. The highest BCUT2D eigenvalue weighted by Crippen LogP contribution is 2.26. The van der Waals surface area contributed by atoms with Crippen molar-refractivity contribution in [2.24, 2.45) is 7.05 Å². The second-order valence-electron chi connectivity index (χ2n) is 4.45. The fourth-order valence-corrected chi connectivity index (χ4v) is 2.22. The van der Waals surface area contributed by atoms with E-state index in [-0.39, 0.29) is 0 Å². The molecule has 0 atom stereocenters. The van der Waals surface area contributed by atoms with Crippen LogP contribution in [0.3, 0.4) is 0 Å². The van der Waals surface area contributed by atoms with Crippen LogP contribution in [-0.2, 0) is 20.0 Å². The summed E-state index contributed by atoms with van der Waals surface area (Å²) in [5.41, 5.74) is 5.06. The number of hydrogen-bond acceptors (Lipinski definition) is 2. The van der Waals surface area contributed by atoms with Gasteiger partial charge in [-0.2, -0.15) is 5.10 Å². The van der Waals surface area contributed by atoms with E-state index in [1.807, 2.05) is 11.7 Å². The maximum Gasteiger partial charge on any atom is 0.0700 e. The van der Waals surface area contributed by atoms with Crippen molar-refractivity contribution >= 4 is 0 Å². The molecule has 2 rings (SSSR count). The average molecular weight is 243 g/mol. The predicted octanol–water partition coefficient (Wildman–Crippen LogP) is 2.76. The molecule has 0 aliphatic carbocycles. The van der Waals surface area contributed by atoms with Crippen molar-refractivity contribution in [1.29, 1.82) is 0 Å². The van der Waals surface area contributed by atoms with Crippen molar-refractivity contribution in [1.82, 2.24) is 15.1 Å². The Balaban J connectivity index is 2.42. The third-order valence-corrected chi connectivity index (χ3v) is 3.11. The lowest BCUT2D eigenvalue weighted by atomic mass is 9.99. The van der Waals surface area contributed by atoms with Crippen LogP contribution < -0.4 is 5.32 Å². The number of nitrogens with zero attached hydrogens (tertiary/aromatic N) is 2. The van der Waals surface area contributed by atoms with Crippen LogP contribution in [0.2, 0.25) is 0 Å². The van der Waals surface area contributed by atoms with Gasteiger partial charge in [0.1, 0.15) is 0 Å². The van der Waals surface area contributed by atoms with E-state index in [9.17, 15) is 0 Å². The maximum atomic E-state index is 4.52. The minimum Gasteiger partial charge on any atom is -0.313 e. The Morgan fingerprint density at radius 1 is 1.17 bits per heavy atom. The van der Waals surface area contributed by atoms with Gasteiger partial charge in [0.05, 0.1) is 5.69 Å². The monoisotopic (exact) mass is 243 g/mol. The van der Waals surface area contributed by atoms with Gasteiger partial charge in [0, 0.05) is 25.4 Å². The molecule has 0 fully saturated rings. The van der Waals surface area contributed by atoms with E-state index in [4.69, 9.17) is 0 Å². The molecule has 96 valence electrons. The van der Waals surface area contributed by atoms with E-state index in [1.54, 1.807) is 0 Å². The van der Waals surface area contributed by atoms with Crippen LogP contribution >= 0.6 is 0 Å². The Hall–Kier alpha value is -1.61. The first kappa shape index (κ1) is 12.8. The number of rotatable bonds is 5. The average Bonchev–Trinajstić information content (AvgIpc) is 2.77. The predicted molar refractivity (Wildman–Crippen MR) is 75.4 cm³/mol. The van der Waals surface area contributed by atoms with Crippen molar-refractivity contribution in [3.8, 4) is 11.1 Å². The second-order valence-corrected chi connectivity index (χ2v) is 4.45. The van der Waals surface area contributed by atoms with Crippen LogP contribution in [0.1, 0.15) is 25.1 Å². The highest BCUT2D eigenvalue weighted by Gasteiger charge is 2.11. The minimum atomic E-state index is 0.907. The molecule has 1 aromatic carbocycles. The fourth-order valence-electron chi connectivity index (χ4n) is 2.22. The van der Waals surface area contributed by atoms with Gasteiger partial charge in [0.15, 0.2) is 0 Å². The van der Waals surface area contributed by atoms with Crippen molar-refractivity contribution in [3.05, 3.63) is 41.7 Å². The SMILES string of the molecule is CCNCc1ccccc1-c1cn(C)nc1CC. The lowest BCUT2D eigenvalue weighted by molar-refractivity contribution is 0.728. The quantitative estimate of drug-likeness (QED) is 0.875. The van der Waals surface area contributed by atoms with Gasteiger partial charge < -0.3 is 5.32 Å². The van der Waals surface area contributed by atoms with Gasteiger partial charge in [-0.3, -0.25) is 4.68 Å². The van der Waals surface area contributed by atoms with Crippen molar-refractivity contribution in [3.63, 3.8) is 0 Å². The van der Waals surface area contributed by atoms with Crippen LogP contribution in [0.5, 0.6) is 0 Å². The van der Waals surface area contributed by atoms with E-state index < -0.39 is 0 Å². The van der Waals surface area contributed by atoms with Gasteiger partial charge in [-0.1, -0.05) is 38.1 Å². The maximum absolute atomic E-state index is 4.52. The number of benzene rings is 1. The van der Waals surface area contributed by atoms with Gasteiger partial charge in [0.2, 0.25) is 0 Å². The molecular weight excluding hydrogens is 222 g/mol. The molecule has 1 heterocycles. The molecule has 3 heteroatoms. The molecule has 0 spiro atoms. The summed E-state index contributed by atoms with van der Waals surface area (Å²) in [5.74, 6) is 0. The van der Waals surface area contributed by atoms with Gasteiger partial charge in [-0.25, -0.2) is 0 Å². The van der Waals surface area contributed by atoms with Crippen LogP contribution in [-0.4, -0.2) is 16.3 Å². The van der Waals surface area contributed by atoms with Gasteiger partial charge in [-0.15, -0.1) is 0 Å². The van der Waals surface area contributed by atoms with Crippen molar-refractivity contribution in [2.75, 3.05) is 6.54 Å². The van der Waals surface area contributed by atoms with Crippen LogP contribution in [0, 0.1) is 0 Å². The molecule has 2 aromatic rings. The first-order valence-corrected chi connectivity index (χ1v) is 6.57. The van der Waals surface area contributed by atoms with Crippen LogP contribution in [0.15, 0.2) is 30.5 Å². The number of aryl methyl sites for hydroxylation is 2. The van der Waals surface area contributed by atoms with Crippen LogP contribution in [0.4, 0.5) is 0 Å². The van der Waals surface area contributed by atoms with Gasteiger partial charge in [-0.05, 0) is 24.1 Å². The largest absolute Gasteiger partial charge is 0.313 e. The van der Waals surface area contributed by atoms with E-state index in [0.717, 1.165) is 19.5 Å². The molecule has 0 saturated carbocycles. The molecule has 0 saturated heterocycles. The Labute approximate surface area is 109 Å². The Kier molecular flexibility index (Phi) is 4.15. The zero-order valence-electron chi connectivity index (χ0n) is 11.4. The Bertz CT molecular complexity index is 514. The lowest BCUT2D eigenvalue weighted by Crippen LogP contribution is -2.12. The molecule has 0 unspecified atom stereocenters. The first-order chi connectivity index (χ1) is 8.76. The number of nitrogens with one attached hydrogen (secondary N) is 1. The zero-order valence-corrected chi connectivity index (χ0v) is 11.4. The summed E-state index contributed by atoms with van der Waals surface area (Å²) in [4.78, 5) is 0. The summed E-state index contributed by atoms with van der Waals surface area (Å²) in [5, 5.41) is 7.91. The topological polar surface area (TPSA) is 29.9 Å². The standard InChI is InChI=1S/C15H21N3/c1-4-15-14(11-18(3)17-15)13-9-7-6-8-12(13)10-16-5-2/h6-9,11,16H,4-5,10H2,1-3H3. The molecule has 0 radical (unpaired) electrons. The van der Waals surface area contributed by atoms with E-state index in [0.29, 0.717) is 0 Å². The number of aromatic nitrogens is 2. The van der Waals surface area contributed by atoms with Crippen molar-refractivity contribution in [2.45, 2.75) is 26.8 Å². The van der Waals surface area contributed by atoms with Crippen molar-refractivity contribution < 1.29 is 0 Å². The minimum absolute atomic E-state index is 0.907. The molecule has 3 nitrogen and oxygen atoms in total. The highest BCUT2D eigenvalue weighted by atomic mass is 15.2. The van der Waals surface area contributed by atoms with Crippen LogP contribution in [0.25, 0.3) is 11.1 Å². The first-order valence-electron chi connectivity index (χ1n) is 6.57. The van der Waals surface area contributed by atoms with Gasteiger partial charge >= 0.3 is 0 Å². The molecule has 0 aliphatic heterocycles. The molecule has 18 heavy (non-hydrogen) atoms. The number of hydrogen-bond donors (Lipinski definition) is 1. The van der Waals surface area contributed by atoms with E-state index in [1.165, 1.54) is 22.4 Å². The normalized spacial score (nSPS) is 10.8. The third kappa shape index (κ3) is 2.62. The molecule has 1 aromatic heterocycles. The Morgan fingerprint density at radius 2 is 1.94 bits per heavy atom. The summed E-state index contributed by atoms with van der Waals surface area (Å²) >= 11 is 0. The highest BCUT2D eigenvalue weighted by molar-refractivity contribution is 5.69. The summed E-state index contributed by atoms with van der Waals surface area (Å²) in [6.45, 7) is 6.18. The molecule has 0 bridgehead atoms. The fraction of sp³-hybridized carbons (Fsp3) is 0.400. The molecule has 0 amide bonds. The lowest BCUT2D eigenvalue weighted by Gasteiger charge is -2.09. The summed E-state index contributed by atoms with van der Waals surface area (Å²) in [7, 11) is 1.98. The molecule has 0 aliphatic rings. The second kappa shape index (κ2) is 5.83. The van der Waals surface area contributed by atoms with E-state index in [2.05, 4.69) is 54.7 Å². The summed E-state index contributed by atoms with van der Waals surface area (Å²) in [6.07, 6.45) is 3.08. The van der Waals surface area contributed by atoms with Gasteiger partial charge in [0.25, 0.3) is 0 Å². The Morgan fingerprint density at radius 3 is 2.67 bits per heavy atom. The van der Waals surface area contributed by atoms with E-state index >= 15 is 0 Å². The zero-order chi connectivity index (χ0) is 13.0.